The molecule has 0 fully saturated rings. The molecule has 0 bridgehead atoms. The van der Waals surface area contributed by atoms with Gasteiger partial charge in [0, 0.05) is 60.0 Å². The third-order valence-electron chi connectivity index (χ3n) is 4.86. The van der Waals surface area contributed by atoms with Gasteiger partial charge in [0.25, 0.3) is 0 Å². The summed E-state index contributed by atoms with van der Waals surface area (Å²) in [5, 5.41) is 0. The SMILES string of the molecule is COCCCCOCCCCOCCCCOCCCCOC(C)c1ccccc1. The summed E-state index contributed by atoms with van der Waals surface area (Å²) in [5.41, 5.74) is 1.23. The summed E-state index contributed by atoms with van der Waals surface area (Å²) in [6.45, 7) is 8.68. The second-order valence-electron chi connectivity index (χ2n) is 7.58. The Balaban J connectivity index is 1.71. The molecule has 5 heteroatoms. The summed E-state index contributed by atoms with van der Waals surface area (Å²) in [5.74, 6) is 0. The van der Waals surface area contributed by atoms with Crippen molar-refractivity contribution < 1.29 is 23.7 Å². The van der Waals surface area contributed by atoms with E-state index in [1.54, 1.807) is 7.11 Å². The van der Waals surface area contributed by atoms with Crippen LogP contribution in [0.4, 0.5) is 0 Å². The van der Waals surface area contributed by atoms with E-state index in [1.165, 1.54) is 5.56 Å². The van der Waals surface area contributed by atoms with Crippen molar-refractivity contribution in [1.82, 2.24) is 0 Å². The van der Waals surface area contributed by atoms with Gasteiger partial charge < -0.3 is 23.7 Å². The highest BCUT2D eigenvalue weighted by atomic mass is 16.5. The minimum atomic E-state index is 0.158. The zero-order valence-electron chi connectivity index (χ0n) is 19.3. The molecule has 1 aromatic rings. The zero-order chi connectivity index (χ0) is 21.5. The second kappa shape index (κ2) is 21.3. The molecule has 1 atom stereocenters. The summed E-state index contributed by atoms with van der Waals surface area (Å²) in [4.78, 5) is 0. The Morgan fingerprint density at radius 2 is 0.967 bits per heavy atom. The number of ether oxygens (including phenoxy) is 5. The maximum Gasteiger partial charge on any atom is 0.0796 e. The summed E-state index contributed by atoms with van der Waals surface area (Å²) in [6.07, 6.45) is 8.66. The van der Waals surface area contributed by atoms with Gasteiger partial charge in [-0.3, -0.25) is 0 Å². The summed E-state index contributed by atoms with van der Waals surface area (Å²) in [6, 6.07) is 10.4. The fraction of sp³-hybridized carbons (Fsp3) is 0.760. The molecule has 0 aliphatic carbocycles. The summed E-state index contributed by atoms with van der Waals surface area (Å²) < 4.78 is 27.8. The first-order valence-corrected chi connectivity index (χ1v) is 11.7. The number of benzene rings is 1. The lowest BCUT2D eigenvalue weighted by molar-refractivity contribution is 0.0541. The highest BCUT2D eigenvalue weighted by Crippen LogP contribution is 2.16. The van der Waals surface area contributed by atoms with Crippen molar-refractivity contribution in [1.29, 1.82) is 0 Å². The minimum Gasteiger partial charge on any atom is -0.385 e. The van der Waals surface area contributed by atoms with E-state index in [0.29, 0.717) is 0 Å². The molecule has 0 spiro atoms. The highest BCUT2D eigenvalue weighted by Gasteiger charge is 2.04. The molecule has 0 N–H and O–H groups in total. The van der Waals surface area contributed by atoms with Gasteiger partial charge in [-0.25, -0.2) is 0 Å². The van der Waals surface area contributed by atoms with E-state index < -0.39 is 0 Å². The predicted octanol–water partition coefficient (Wildman–Crippen LogP) is 5.58. The highest BCUT2D eigenvalue weighted by molar-refractivity contribution is 5.16. The molecule has 1 unspecified atom stereocenters. The Labute approximate surface area is 184 Å². The van der Waals surface area contributed by atoms with E-state index in [-0.39, 0.29) is 6.10 Å². The lowest BCUT2D eigenvalue weighted by atomic mass is 10.1. The van der Waals surface area contributed by atoms with Gasteiger partial charge in [-0.2, -0.15) is 0 Å². The molecule has 0 radical (unpaired) electrons. The Bertz CT molecular complexity index is 454. The fourth-order valence-corrected chi connectivity index (χ4v) is 2.96. The minimum absolute atomic E-state index is 0.158. The van der Waals surface area contributed by atoms with Crippen LogP contribution in [0.5, 0.6) is 0 Å². The number of hydrogen-bond donors (Lipinski definition) is 0. The Hall–Kier alpha value is -0.980. The van der Waals surface area contributed by atoms with Crippen LogP contribution in [0.15, 0.2) is 30.3 Å². The normalized spacial score (nSPS) is 12.3. The van der Waals surface area contributed by atoms with E-state index in [1.807, 2.05) is 6.07 Å². The van der Waals surface area contributed by atoms with E-state index in [9.17, 15) is 0 Å². The van der Waals surface area contributed by atoms with Crippen LogP contribution in [-0.2, 0) is 23.7 Å². The van der Waals surface area contributed by atoms with Gasteiger partial charge >= 0.3 is 0 Å². The largest absolute Gasteiger partial charge is 0.385 e. The third-order valence-corrected chi connectivity index (χ3v) is 4.86. The monoisotopic (exact) mass is 424 g/mol. The van der Waals surface area contributed by atoms with Crippen LogP contribution < -0.4 is 0 Å². The van der Waals surface area contributed by atoms with Gasteiger partial charge in [-0.15, -0.1) is 0 Å². The third kappa shape index (κ3) is 16.8. The van der Waals surface area contributed by atoms with Crippen molar-refractivity contribution in [3.8, 4) is 0 Å². The van der Waals surface area contributed by atoms with E-state index in [2.05, 4.69) is 31.2 Å². The first kappa shape index (κ1) is 27.1. The van der Waals surface area contributed by atoms with Crippen LogP contribution in [0, 0.1) is 0 Å². The standard InChI is InChI=1S/C25H44O5/c1-24(25-14-4-3-5-15-25)30-23-13-12-22-29-21-11-10-20-28-19-9-8-18-27-17-7-6-16-26-2/h3-5,14-15,24H,6-13,16-23H2,1-2H3. The topological polar surface area (TPSA) is 46.2 Å². The van der Waals surface area contributed by atoms with Crippen LogP contribution in [-0.4, -0.2) is 60.0 Å². The van der Waals surface area contributed by atoms with Gasteiger partial charge in [0.05, 0.1) is 6.10 Å². The van der Waals surface area contributed by atoms with Gasteiger partial charge in [-0.05, 0) is 63.9 Å². The number of unbranched alkanes of at least 4 members (excludes halogenated alkanes) is 4. The van der Waals surface area contributed by atoms with Crippen LogP contribution in [0.1, 0.15) is 70.0 Å². The van der Waals surface area contributed by atoms with Gasteiger partial charge in [0.15, 0.2) is 0 Å². The molecule has 1 aromatic carbocycles. The van der Waals surface area contributed by atoms with Crippen molar-refractivity contribution in [3.63, 3.8) is 0 Å². The molecule has 174 valence electrons. The van der Waals surface area contributed by atoms with E-state index in [0.717, 1.165) is 104 Å². The molecule has 0 saturated heterocycles. The second-order valence-corrected chi connectivity index (χ2v) is 7.58. The smallest absolute Gasteiger partial charge is 0.0796 e. The lowest BCUT2D eigenvalue weighted by Gasteiger charge is -2.13. The van der Waals surface area contributed by atoms with Crippen molar-refractivity contribution in [2.45, 2.75) is 64.4 Å². The van der Waals surface area contributed by atoms with Crippen molar-refractivity contribution in [2.75, 3.05) is 60.0 Å². The molecule has 1 rings (SSSR count). The van der Waals surface area contributed by atoms with Gasteiger partial charge in [0.1, 0.15) is 0 Å². The Morgan fingerprint density at radius 3 is 1.40 bits per heavy atom. The molecule has 0 amide bonds. The number of hydrogen-bond acceptors (Lipinski definition) is 5. The molecule has 30 heavy (non-hydrogen) atoms. The zero-order valence-corrected chi connectivity index (χ0v) is 19.3. The molecule has 0 aliphatic heterocycles. The molecule has 5 nitrogen and oxygen atoms in total. The fourth-order valence-electron chi connectivity index (χ4n) is 2.96. The first-order valence-electron chi connectivity index (χ1n) is 11.7. The lowest BCUT2D eigenvalue weighted by Crippen LogP contribution is -2.04. The number of methoxy groups -OCH3 is 1. The Kier molecular flexibility index (Phi) is 19.2. The summed E-state index contributed by atoms with van der Waals surface area (Å²) in [7, 11) is 1.74. The van der Waals surface area contributed by atoms with Crippen molar-refractivity contribution >= 4 is 0 Å². The molecule has 0 aromatic heterocycles. The van der Waals surface area contributed by atoms with Crippen LogP contribution >= 0.6 is 0 Å². The molecular formula is C25H44O5. The first-order chi connectivity index (χ1) is 14.8. The molecule has 0 aliphatic rings. The maximum atomic E-state index is 5.88. The average Bonchev–Trinajstić information content (AvgIpc) is 2.78. The van der Waals surface area contributed by atoms with Gasteiger partial charge in [-0.1, -0.05) is 30.3 Å². The van der Waals surface area contributed by atoms with Crippen LogP contribution in [0.2, 0.25) is 0 Å². The molecule has 0 heterocycles. The van der Waals surface area contributed by atoms with Gasteiger partial charge in [0.2, 0.25) is 0 Å². The van der Waals surface area contributed by atoms with Crippen molar-refractivity contribution in [3.05, 3.63) is 35.9 Å². The van der Waals surface area contributed by atoms with Crippen molar-refractivity contribution in [2.24, 2.45) is 0 Å². The Morgan fingerprint density at radius 1 is 0.567 bits per heavy atom. The van der Waals surface area contributed by atoms with E-state index >= 15 is 0 Å². The maximum absolute atomic E-state index is 5.88. The summed E-state index contributed by atoms with van der Waals surface area (Å²) >= 11 is 0. The molecular weight excluding hydrogens is 380 g/mol. The number of rotatable bonds is 22. The van der Waals surface area contributed by atoms with Crippen LogP contribution in [0.3, 0.4) is 0 Å². The quantitative estimate of drug-likeness (QED) is 0.227. The predicted molar refractivity (Wildman–Crippen MR) is 122 cm³/mol. The van der Waals surface area contributed by atoms with Crippen LogP contribution in [0.25, 0.3) is 0 Å². The average molecular weight is 425 g/mol. The molecule has 0 saturated carbocycles. The van der Waals surface area contributed by atoms with E-state index in [4.69, 9.17) is 23.7 Å².